The summed E-state index contributed by atoms with van der Waals surface area (Å²) in [4.78, 5) is 0. The first-order valence-corrected chi connectivity index (χ1v) is 4.69. The fourth-order valence-corrected chi connectivity index (χ4v) is 1.70. The van der Waals surface area contributed by atoms with Crippen LogP contribution >= 0.6 is 12.4 Å². The number of hydrogen-bond acceptors (Lipinski definition) is 1. The Hall–Kier alpha value is -1.12. The van der Waals surface area contributed by atoms with E-state index in [-0.39, 0.29) is 18.2 Å². The van der Waals surface area contributed by atoms with Gasteiger partial charge in [0.2, 0.25) is 0 Å². The van der Waals surface area contributed by atoms with Crippen molar-refractivity contribution >= 4 is 23.2 Å². The van der Waals surface area contributed by atoms with Crippen molar-refractivity contribution < 1.29 is 4.39 Å². The topological polar surface area (TPSA) is 26.0 Å². The van der Waals surface area contributed by atoms with Gasteiger partial charge < -0.3 is 5.73 Å². The molecule has 0 radical (unpaired) electrons. The maximum Gasteiger partial charge on any atom is 0.131 e. The highest BCUT2D eigenvalue weighted by Gasteiger charge is 2.03. The molecule has 0 aliphatic rings. The Balaban J connectivity index is 0.00000112. The second-order valence-electron chi connectivity index (χ2n) is 3.29. The van der Waals surface area contributed by atoms with Gasteiger partial charge in [-0.15, -0.1) is 12.4 Å². The molecule has 0 spiro atoms. The lowest BCUT2D eigenvalue weighted by Gasteiger charge is -2.05. The van der Waals surface area contributed by atoms with E-state index in [0.29, 0.717) is 11.9 Å². The van der Waals surface area contributed by atoms with Crippen LogP contribution in [0.1, 0.15) is 5.56 Å². The van der Waals surface area contributed by atoms with Gasteiger partial charge in [-0.25, -0.2) is 4.39 Å². The molecule has 0 aliphatic carbocycles. The first kappa shape index (κ1) is 12.0. The van der Waals surface area contributed by atoms with E-state index in [1.807, 2.05) is 24.3 Å². The molecule has 0 atom stereocenters. The monoisotopic (exact) mass is 225 g/mol. The van der Waals surface area contributed by atoms with Crippen molar-refractivity contribution in [3.8, 4) is 0 Å². The molecule has 2 aromatic carbocycles. The van der Waals surface area contributed by atoms with Gasteiger partial charge in [-0.3, -0.25) is 0 Å². The Morgan fingerprint density at radius 1 is 1.00 bits per heavy atom. The summed E-state index contributed by atoms with van der Waals surface area (Å²) in [6, 6.07) is 10.8. The standard InChI is InChI=1S/C12H12FN.ClH/c13-12-6-5-9(7-8-14)10-3-1-2-4-11(10)12;/h1-6H,7-8,14H2;1H. The van der Waals surface area contributed by atoms with E-state index >= 15 is 0 Å². The summed E-state index contributed by atoms with van der Waals surface area (Å²) in [5.41, 5.74) is 6.61. The second-order valence-corrected chi connectivity index (χ2v) is 3.29. The third-order valence-corrected chi connectivity index (χ3v) is 2.37. The van der Waals surface area contributed by atoms with Crippen LogP contribution in [-0.2, 0) is 6.42 Å². The minimum Gasteiger partial charge on any atom is -0.330 e. The molecular weight excluding hydrogens is 213 g/mol. The van der Waals surface area contributed by atoms with Crippen LogP contribution in [0.3, 0.4) is 0 Å². The Morgan fingerprint density at radius 2 is 1.67 bits per heavy atom. The summed E-state index contributed by atoms with van der Waals surface area (Å²) in [7, 11) is 0. The summed E-state index contributed by atoms with van der Waals surface area (Å²) < 4.78 is 13.4. The van der Waals surface area contributed by atoms with Gasteiger partial charge in [0.05, 0.1) is 0 Å². The summed E-state index contributed by atoms with van der Waals surface area (Å²) in [5, 5.41) is 1.65. The van der Waals surface area contributed by atoms with Crippen LogP contribution < -0.4 is 5.73 Å². The second kappa shape index (κ2) is 5.10. The van der Waals surface area contributed by atoms with Gasteiger partial charge >= 0.3 is 0 Å². The van der Waals surface area contributed by atoms with Gasteiger partial charge in [0.15, 0.2) is 0 Å². The number of nitrogens with two attached hydrogens (primary N) is 1. The minimum atomic E-state index is -0.165. The molecule has 0 aliphatic heterocycles. The van der Waals surface area contributed by atoms with Crippen LogP contribution in [0, 0.1) is 5.82 Å². The summed E-state index contributed by atoms with van der Waals surface area (Å²) in [5.74, 6) is -0.165. The Bertz CT molecular complexity index is 456. The van der Waals surface area contributed by atoms with Crippen molar-refractivity contribution in [3.63, 3.8) is 0 Å². The van der Waals surface area contributed by atoms with Gasteiger partial charge in [0, 0.05) is 5.39 Å². The highest BCUT2D eigenvalue weighted by atomic mass is 35.5. The summed E-state index contributed by atoms with van der Waals surface area (Å²) in [6.45, 7) is 0.593. The Morgan fingerprint density at radius 3 is 2.33 bits per heavy atom. The predicted octanol–water partition coefficient (Wildman–Crippen LogP) is 2.90. The van der Waals surface area contributed by atoms with E-state index < -0.39 is 0 Å². The Labute approximate surface area is 94.5 Å². The quantitative estimate of drug-likeness (QED) is 0.836. The maximum atomic E-state index is 13.4. The molecule has 3 heteroatoms. The molecule has 2 aromatic rings. The summed E-state index contributed by atoms with van der Waals surface area (Å²) >= 11 is 0. The highest BCUT2D eigenvalue weighted by Crippen LogP contribution is 2.21. The van der Waals surface area contributed by atoms with Crippen LogP contribution in [0.5, 0.6) is 0 Å². The molecule has 0 saturated heterocycles. The van der Waals surface area contributed by atoms with Crippen LogP contribution in [-0.4, -0.2) is 6.54 Å². The molecule has 80 valence electrons. The fourth-order valence-electron chi connectivity index (χ4n) is 1.70. The zero-order valence-corrected chi connectivity index (χ0v) is 9.06. The van der Waals surface area contributed by atoms with Gasteiger partial charge in [0.25, 0.3) is 0 Å². The molecule has 0 unspecified atom stereocenters. The molecule has 0 bridgehead atoms. The molecule has 0 amide bonds. The van der Waals surface area contributed by atoms with Crippen molar-refractivity contribution in [3.05, 3.63) is 47.8 Å². The van der Waals surface area contributed by atoms with Gasteiger partial charge in [-0.05, 0) is 30.0 Å². The molecule has 15 heavy (non-hydrogen) atoms. The molecule has 0 fully saturated rings. The van der Waals surface area contributed by atoms with Crippen LogP contribution in [0.2, 0.25) is 0 Å². The number of hydrogen-bond donors (Lipinski definition) is 1. The number of rotatable bonds is 2. The molecule has 0 saturated carbocycles. The molecule has 1 nitrogen and oxygen atoms in total. The van der Waals surface area contributed by atoms with Crippen molar-refractivity contribution in [2.75, 3.05) is 6.54 Å². The third kappa shape index (κ3) is 2.28. The van der Waals surface area contributed by atoms with E-state index in [4.69, 9.17) is 5.73 Å². The normalized spacial score (nSPS) is 10.0. The molecular formula is C12H13ClFN. The van der Waals surface area contributed by atoms with Crippen LogP contribution in [0.4, 0.5) is 4.39 Å². The number of benzene rings is 2. The predicted molar refractivity (Wildman–Crippen MR) is 63.9 cm³/mol. The number of halogens is 2. The van der Waals surface area contributed by atoms with E-state index in [9.17, 15) is 4.39 Å². The lowest BCUT2D eigenvalue weighted by atomic mass is 10.0. The van der Waals surface area contributed by atoms with E-state index in [1.54, 1.807) is 6.07 Å². The third-order valence-electron chi connectivity index (χ3n) is 2.37. The largest absolute Gasteiger partial charge is 0.330 e. The minimum absolute atomic E-state index is 0. The molecule has 0 aromatic heterocycles. The average molecular weight is 226 g/mol. The zero-order valence-electron chi connectivity index (χ0n) is 8.24. The zero-order chi connectivity index (χ0) is 9.97. The number of fused-ring (bicyclic) bond motifs is 1. The van der Waals surface area contributed by atoms with Crippen molar-refractivity contribution in [1.29, 1.82) is 0 Å². The first-order valence-electron chi connectivity index (χ1n) is 4.69. The molecule has 2 rings (SSSR count). The smallest absolute Gasteiger partial charge is 0.131 e. The first-order chi connectivity index (χ1) is 6.83. The average Bonchev–Trinajstić information content (AvgIpc) is 2.23. The van der Waals surface area contributed by atoms with E-state index in [1.165, 1.54) is 6.07 Å². The van der Waals surface area contributed by atoms with Gasteiger partial charge in [-0.2, -0.15) is 0 Å². The van der Waals surface area contributed by atoms with Crippen molar-refractivity contribution in [1.82, 2.24) is 0 Å². The van der Waals surface area contributed by atoms with Crippen molar-refractivity contribution in [2.24, 2.45) is 5.73 Å². The van der Waals surface area contributed by atoms with E-state index in [2.05, 4.69) is 0 Å². The van der Waals surface area contributed by atoms with Crippen molar-refractivity contribution in [2.45, 2.75) is 6.42 Å². The SMILES string of the molecule is Cl.NCCc1ccc(F)c2ccccc12. The van der Waals surface area contributed by atoms with Crippen LogP contribution in [0.25, 0.3) is 10.8 Å². The maximum absolute atomic E-state index is 13.4. The molecule has 2 N–H and O–H groups in total. The van der Waals surface area contributed by atoms with Gasteiger partial charge in [0.1, 0.15) is 5.82 Å². The lowest BCUT2D eigenvalue weighted by Crippen LogP contribution is -2.03. The fraction of sp³-hybridized carbons (Fsp3) is 0.167. The summed E-state index contributed by atoms with van der Waals surface area (Å²) in [6.07, 6.45) is 0.792. The lowest BCUT2D eigenvalue weighted by molar-refractivity contribution is 0.639. The van der Waals surface area contributed by atoms with E-state index in [0.717, 1.165) is 17.4 Å². The Kier molecular flexibility index (Phi) is 4.06. The van der Waals surface area contributed by atoms with Crippen LogP contribution in [0.15, 0.2) is 36.4 Å². The van der Waals surface area contributed by atoms with Gasteiger partial charge in [-0.1, -0.05) is 30.3 Å². The highest BCUT2D eigenvalue weighted by molar-refractivity contribution is 5.86. The molecule has 0 heterocycles.